The maximum absolute atomic E-state index is 12.6. The SMILES string of the molecule is CCCC/C(=C/C(C)CC(=O)C(C)(C)CCC#N)c1ccccc1. The van der Waals surface area contributed by atoms with Gasteiger partial charge in [0.1, 0.15) is 5.78 Å². The molecule has 0 bridgehead atoms. The minimum Gasteiger partial charge on any atom is -0.299 e. The monoisotopic (exact) mass is 325 g/mol. The molecule has 0 heterocycles. The van der Waals surface area contributed by atoms with Gasteiger partial charge < -0.3 is 0 Å². The van der Waals surface area contributed by atoms with Crippen LogP contribution in [0.3, 0.4) is 0 Å². The molecule has 0 aliphatic rings. The van der Waals surface area contributed by atoms with Crippen LogP contribution in [0.1, 0.15) is 71.8 Å². The first kappa shape index (κ1) is 20.2. The summed E-state index contributed by atoms with van der Waals surface area (Å²) in [6, 6.07) is 12.6. The minimum absolute atomic E-state index is 0.214. The quantitative estimate of drug-likeness (QED) is 0.515. The Balaban J connectivity index is 2.82. The van der Waals surface area contributed by atoms with Crippen LogP contribution in [0, 0.1) is 22.7 Å². The molecule has 1 unspecified atom stereocenters. The molecule has 24 heavy (non-hydrogen) atoms. The van der Waals surface area contributed by atoms with E-state index in [0.717, 1.165) is 12.8 Å². The summed E-state index contributed by atoms with van der Waals surface area (Å²) in [7, 11) is 0. The molecule has 0 saturated heterocycles. The van der Waals surface area contributed by atoms with E-state index in [1.54, 1.807) is 0 Å². The largest absolute Gasteiger partial charge is 0.299 e. The first-order chi connectivity index (χ1) is 11.4. The van der Waals surface area contributed by atoms with Gasteiger partial charge in [-0.2, -0.15) is 5.26 Å². The standard InChI is InChI=1S/C22H31NO/c1-5-6-11-20(19-12-8-7-9-13-19)16-18(2)17-21(24)22(3,4)14-10-15-23/h7-9,12-13,16,18H,5-6,10-11,14,17H2,1-4H3/b20-16-. The molecule has 0 aliphatic heterocycles. The number of ketones is 1. The van der Waals surface area contributed by atoms with Gasteiger partial charge in [0.05, 0.1) is 6.07 Å². The van der Waals surface area contributed by atoms with Gasteiger partial charge in [-0.25, -0.2) is 0 Å². The zero-order valence-corrected chi connectivity index (χ0v) is 15.6. The van der Waals surface area contributed by atoms with Crippen molar-refractivity contribution in [2.24, 2.45) is 11.3 Å². The summed E-state index contributed by atoms with van der Waals surface area (Å²) in [6.07, 6.45) is 7.27. The fraction of sp³-hybridized carbons (Fsp3) is 0.545. The predicted octanol–water partition coefficient (Wildman–Crippen LogP) is 6.19. The summed E-state index contributed by atoms with van der Waals surface area (Å²) in [5, 5.41) is 8.75. The van der Waals surface area contributed by atoms with Crippen LogP contribution < -0.4 is 0 Å². The van der Waals surface area contributed by atoms with Crippen molar-refractivity contribution < 1.29 is 4.79 Å². The Labute approximate surface area is 147 Å². The van der Waals surface area contributed by atoms with Crippen molar-refractivity contribution >= 4 is 11.4 Å². The number of hydrogen-bond donors (Lipinski definition) is 0. The van der Waals surface area contributed by atoms with Gasteiger partial charge in [-0.1, -0.05) is 70.5 Å². The van der Waals surface area contributed by atoms with Crippen LogP contribution in [0.5, 0.6) is 0 Å². The third-order valence-corrected chi connectivity index (χ3v) is 4.55. The number of allylic oxidation sites excluding steroid dienone is 2. The fourth-order valence-electron chi connectivity index (χ4n) is 2.82. The smallest absolute Gasteiger partial charge is 0.139 e. The van der Waals surface area contributed by atoms with Gasteiger partial charge in [-0.05, 0) is 36.3 Å². The number of rotatable bonds is 10. The molecule has 1 atom stereocenters. The molecule has 0 aliphatic carbocycles. The maximum atomic E-state index is 12.6. The van der Waals surface area contributed by atoms with Crippen molar-refractivity contribution in [1.82, 2.24) is 0 Å². The Bertz CT molecular complexity index is 578. The van der Waals surface area contributed by atoms with E-state index in [2.05, 4.69) is 50.3 Å². The molecular formula is C22H31NO. The Hall–Kier alpha value is -1.88. The number of carbonyl (C=O) groups excluding carboxylic acids is 1. The van der Waals surface area contributed by atoms with E-state index in [9.17, 15) is 4.79 Å². The summed E-state index contributed by atoms with van der Waals surface area (Å²) >= 11 is 0. The lowest BCUT2D eigenvalue weighted by Gasteiger charge is -2.23. The highest BCUT2D eigenvalue weighted by Gasteiger charge is 2.27. The second kappa shape index (κ2) is 10.1. The first-order valence-corrected chi connectivity index (χ1v) is 9.07. The third-order valence-electron chi connectivity index (χ3n) is 4.55. The lowest BCUT2D eigenvalue weighted by molar-refractivity contribution is -0.127. The first-order valence-electron chi connectivity index (χ1n) is 9.07. The van der Waals surface area contributed by atoms with Crippen LogP contribution in [0.15, 0.2) is 36.4 Å². The molecule has 0 saturated carbocycles. The molecular weight excluding hydrogens is 294 g/mol. The molecule has 0 aromatic heterocycles. The maximum Gasteiger partial charge on any atom is 0.139 e. The number of Topliss-reactive ketones (excluding diaryl/α,β-unsaturated/α-hetero) is 1. The van der Waals surface area contributed by atoms with Gasteiger partial charge in [-0.3, -0.25) is 4.79 Å². The highest BCUT2D eigenvalue weighted by molar-refractivity contribution is 5.84. The van der Waals surface area contributed by atoms with E-state index >= 15 is 0 Å². The van der Waals surface area contributed by atoms with Crippen LogP contribution in [-0.4, -0.2) is 5.78 Å². The van der Waals surface area contributed by atoms with E-state index in [4.69, 9.17) is 5.26 Å². The number of hydrogen-bond acceptors (Lipinski definition) is 2. The number of carbonyl (C=O) groups is 1. The van der Waals surface area contributed by atoms with E-state index in [1.807, 2.05) is 19.9 Å². The highest BCUT2D eigenvalue weighted by Crippen LogP contribution is 2.29. The Kier molecular flexibility index (Phi) is 8.47. The van der Waals surface area contributed by atoms with Crippen LogP contribution in [0.25, 0.3) is 5.57 Å². The van der Waals surface area contributed by atoms with Crippen LogP contribution in [-0.2, 0) is 4.79 Å². The van der Waals surface area contributed by atoms with Crippen molar-refractivity contribution in [2.75, 3.05) is 0 Å². The topological polar surface area (TPSA) is 40.9 Å². The summed E-state index contributed by atoms with van der Waals surface area (Å²) in [4.78, 5) is 12.6. The van der Waals surface area contributed by atoms with E-state index in [0.29, 0.717) is 19.3 Å². The van der Waals surface area contributed by atoms with Gasteiger partial charge in [-0.15, -0.1) is 0 Å². The Morgan fingerprint density at radius 1 is 1.29 bits per heavy atom. The van der Waals surface area contributed by atoms with E-state index in [1.165, 1.54) is 17.6 Å². The Morgan fingerprint density at radius 2 is 1.96 bits per heavy atom. The van der Waals surface area contributed by atoms with Gasteiger partial charge in [0.2, 0.25) is 0 Å². The minimum atomic E-state index is -0.409. The predicted molar refractivity (Wildman–Crippen MR) is 101 cm³/mol. The molecule has 0 spiro atoms. The zero-order valence-electron chi connectivity index (χ0n) is 15.6. The number of nitriles is 1. The Morgan fingerprint density at radius 3 is 2.54 bits per heavy atom. The van der Waals surface area contributed by atoms with Crippen LogP contribution in [0.4, 0.5) is 0 Å². The van der Waals surface area contributed by atoms with E-state index in [-0.39, 0.29) is 11.7 Å². The van der Waals surface area contributed by atoms with Crippen molar-refractivity contribution in [1.29, 1.82) is 5.26 Å². The summed E-state index contributed by atoms with van der Waals surface area (Å²) in [5.74, 6) is 0.468. The van der Waals surface area contributed by atoms with Crippen LogP contribution >= 0.6 is 0 Å². The fourth-order valence-corrected chi connectivity index (χ4v) is 2.82. The van der Waals surface area contributed by atoms with Gasteiger partial charge in [0.25, 0.3) is 0 Å². The average Bonchev–Trinajstić information content (AvgIpc) is 2.57. The molecule has 0 N–H and O–H groups in total. The molecule has 2 heteroatoms. The second-order valence-electron chi connectivity index (χ2n) is 7.31. The van der Waals surface area contributed by atoms with Crippen molar-refractivity contribution in [3.8, 4) is 6.07 Å². The van der Waals surface area contributed by atoms with E-state index < -0.39 is 5.41 Å². The lowest BCUT2D eigenvalue weighted by atomic mass is 9.79. The van der Waals surface area contributed by atoms with Crippen molar-refractivity contribution in [2.45, 2.75) is 66.2 Å². The van der Waals surface area contributed by atoms with Gasteiger partial charge in [0.15, 0.2) is 0 Å². The van der Waals surface area contributed by atoms with Crippen molar-refractivity contribution in [3.05, 3.63) is 42.0 Å². The molecule has 0 amide bonds. The summed E-state index contributed by atoms with van der Waals surface area (Å²) in [5.41, 5.74) is 2.19. The van der Waals surface area contributed by atoms with Gasteiger partial charge in [0, 0.05) is 18.3 Å². The third kappa shape index (κ3) is 6.71. The number of benzene rings is 1. The second-order valence-corrected chi connectivity index (χ2v) is 7.31. The van der Waals surface area contributed by atoms with Gasteiger partial charge >= 0.3 is 0 Å². The van der Waals surface area contributed by atoms with Crippen LogP contribution in [0.2, 0.25) is 0 Å². The van der Waals surface area contributed by atoms with Crippen molar-refractivity contribution in [3.63, 3.8) is 0 Å². The summed E-state index contributed by atoms with van der Waals surface area (Å²) in [6.45, 7) is 8.23. The highest BCUT2D eigenvalue weighted by atomic mass is 16.1. The number of unbranched alkanes of at least 4 members (excludes halogenated alkanes) is 1. The lowest BCUT2D eigenvalue weighted by Crippen LogP contribution is -2.25. The normalized spacial score (nSPS) is 13.4. The zero-order chi connectivity index (χ0) is 18.0. The summed E-state index contributed by atoms with van der Waals surface area (Å²) < 4.78 is 0. The molecule has 130 valence electrons. The molecule has 2 nitrogen and oxygen atoms in total. The molecule has 0 fully saturated rings. The number of nitrogens with zero attached hydrogens (tertiary/aromatic N) is 1. The molecule has 1 rings (SSSR count). The molecule has 1 aromatic rings. The molecule has 1 aromatic carbocycles. The molecule has 0 radical (unpaired) electrons. The average molecular weight is 325 g/mol.